The number of anilines is 3. The van der Waals surface area contributed by atoms with Crippen LogP contribution in [0.1, 0.15) is 12.7 Å². The minimum absolute atomic E-state index is 0.418. The summed E-state index contributed by atoms with van der Waals surface area (Å²) in [7, 11) is 0. The number of piperazine rings is 1. The molecule has 0 atom stereocenters. The Morgan fingerprint density at radius 2 is 1.81 bits per heavy atom. The van der Waals surface area contributed by atoms with Crippen LogP contribution in [0.5, 0.6) is 0 Å². The molecule has 1 aliphatic heterocycles. The van der Waals surface area contributed by atoms with Crippen LogP contribution in [0.25, 0.3) is 0 Å². The molecule has 2 aromatic rings. The molecule has 0 saturated carbocycles. The third-order valence-electron chi connectivity index (χ3n) is 4.27. The second-order valence-electron chi connectivity index (χ2n) is 6.19. The van der Waals surface area contributed by atoms with E-state index < -0.39 is 23.4 Å². The first-order valence-electron chi connectivity index (χ1n) is 8.82. The Kier molecular flexibility index (Phi) is 5.68. The van der Waals surface area contributed by atoms with Crippen molar-refractivity contribution in [3.8, 4) is 0 Å². The number of hydrogen-bond donors (Lipinski definition) is 2. The zero-order chi connectivity index (χ0) is 19.4. The standard InChI is InChI=1S/C18H22F2N6O/c1-3-21-15-11-16(23-12(2)22-15)25-7-9-26(10-8-25)18(27)24-17-13(19)5-4-6-14(17)20/h4-6,11H,3,7-10H2,1-2H3,(H,24,27)(H,21,22,23). The Bertz CT molecular complexity index is 803. The van der Waals surface area contributed by atoms with Crippen molar-refractivity contribution in [3.05, 3.63) is 41.7 Å². The molecule has 1 fully saturated rings. The average molecular weight is 376 g/mol. The lowest BCUT2D eigenvalue weighted by Gasteiger charge is -2.35. The van der Waals surface area contributed by atoms with Crippen LogP contribution < -0.4 is 15.5 Å². The van der Waals surface area contributed by atoms with Gasteiger partial charge in [0.15, 0.2) is 0 Å². The summed E-state index contributed by atoms with van der Waals surface area (Å²) in [6.07, 6.45) is 0. The predicted molar refractivity (Wildman–Crippen MR) is 100 cm³/mol. The molecular weight excluding hydrogens is 354 g/mol. The van der Waals surface area contributed by atoms with E-state index in [1.54, 1.807) is 0 Å². The zero-order valence-corrected chi connectivity index (χ0v) is 15.3. The zero-order valence-electron chi connectivity index (χ0n) is 15.3. The molecule has 1 aromatic carbocycles. The number of para-hydroxylation sites is 1. The van der Waals surface area contributed by atoms with Gasteiger partial charge in [-0.05, 0) is 26.0 Å². The van der Waals surface area contributed by atoms with E-state index in [0.29, 0.717) is 32.0 Å². The molecule has 1 saturated heterocycles. The summed E-state index contributed by atoms with van der Waals surface area (Å²) < 4.78 is 27.4. The van der Waals surface area contributed by atoms with Gasteiger partial charge < -0.3 is 20.4 Å². The van der Waals surface area contributed by atoms with Crippen molar-refractivity contribution in [3.63, 3.8) is 0 Å². The number of benzene rings is 1. The molecule has 0 unspecified atom stereocenters. The fraction of sp³-hybridized carbons (Fsp3) is 0.389. The maximum Gasteiger partial charge on any atom is 0.322 e. The molecule has 27 heavy (non-hydrogen) atoms. The minimum atomic E-state index is -0.797. The summed E-state index contributed by atoms with van der Waals surface area (Å²) in [5.41, 5.74) is -0.424. The number of aromatic nitrogens is 2. The Labute approximate surface area is 156 Å². The first-order valence-corrected chi connectivity index (χ1v) is 8.82. The number of nitrogens with one attached hydrogen (secondary N) is 2. The van der Waals surface area contributed by atoms with E-state index in [9.17, 15) is 13.6 Å². The van der Waals surface area contributed by atoms with Gasteiger partial charge in [0, 0.05) is 38.8 Å². The van der Waals surface area contributed by atoms with Crippen LogP contribution in [-0.4, -0.2) is 53.6 Å². The highest BCUT2D eigenvalue weighted by atomic mass is 19.1. The van der Waals surface area contributed by atoms with Gasteiger partial charge in [-0.3, -0.25) is 0 Å². The van der Waals surface area contributed by atoms with Gasteiger partial charge in [-0.2, -0.15) is 0 Å². The van der Waals surface area contributed by atoms with E-state index in [1.165, 1.54) is 11.0 Å². The molecule has 0 bridgehead atoms. The van der Waals surface area contributed by atoms with Crippen LogP contribution in [0.2, 0.25) is 0 Å². The molecule has 0 radical (unpaired) electrons. The van der Waals surface area contributed by atoms with Gasteiger partial charge >= 0.3 is 6.03 Å². The van der Waals surface area contributed by atoms with E-state index in [1.807, 2.05) is 19.9 Å². The second kappa shape index (κ2) is 8.15. The molecule has 3 rings (SSSR count). The van der Waals surface area contributed by atoms with Crippen LogP contribution in [0.3, 0.4) is 0 Å². The summed E-state index contributed by atoms with van der Waals surface area (Å²) in [6, 6.07) is 4.82. The molecule has 7 nitrogen and oxygen atoms in total. The third kappa shape index (κ3) is 4.42. The summed E-state index contributed by atoms with van der Waals surface area (Å²) in [4.78, 5) is 24.7. The number of nitrogens with zero attached hydrogens (tertiary/aromatic N) is 4. The van der Waals surface area contributed by atoms with Crippen molar-refractivity contribution in [2.45, 2.75) is 13.8 Å². The Balaban J connectivity index is 1.62. The van der Waals surface area contributed by atoms with Crippen molar-refractivity contribution in [1.29, 1.82) is 0 Å². The monoisotopic (exact) mass is 376 g/mol. The van der Waals surface area contributed by atoms with Crippen LogP contribution >= 0.6 is 0 Å². The molecule has 0 spiro atoms. The number of amides is 2. The quantitative estimate of drug-likeness (QED) is 0.858. The lowest BCUT2D eigenvalue weighted by molar-refractivity contribution is 0.208. The number of hydrogen-bond acceptors (Lipinski definition) is 5. The summed E-state index contributed by atoms with van der Waals surface area (Å²) in [6.45, 7) is 6.55. The van der Waals surface area contributed by atoms with Crippen molar-refractivity contribution in [1.82, 2.24) is 14.9 Å². The normalized spacial score (nSPS) is 14.2. The molecule has 1 aliphatic rings. The smallest absolute Gasteiger partial charge is 0.322 e. The number of urea groups is 1. The Morgan fingerprint density at radius 1 is 1.15 bits per heavy atom. The van der Waals surface area contributed by atoms with Gasteiger partial charge in [0.1, 0.15) is 34.8 Å². The van der Waals surface area contributed by atoms with E-state index in [4.69, 9.17) is 0 Å². The van der Waals surface area contributed by atoms with E-state index in [-0.39, 0.29) is 0 Å². The number of aryl methyl sites for hydroxylation is 1. The van der Waals surface area contributed by atoms with E-state index in [2.05, 4.69) is 25.5 Å². The topological polar surface area (TPSA) is 73.4 Å². The van der Waals surface area contributed by atoms with Crippen molar-refractivity contribution in [2.24, 2.45) is 0 Å². The van der Waals surface area contributed by atoms with Gasteiger partial charge in [-0.1, -0.05) is 6.07 Å². The molecule has 9 heteroatoms. The van der Waals surface area contributed by atoms with Crippen LogP contribution in [0, 0.1) is 18.6 Å². The maximum atomic E-state index is 13.7. The third-order valence-corrected chi connectivity index (χ3v) is 4.27. The number of halogens is 2. The first kappa shape index (κ1) is 18.8. The van der Waals surface area contributed by atoms with Crippen molar-refractivity contribution in [2.75, 3.05) is 48.3 Å². The predicted octanol–water partition coefficient (Wildman–Crippen LogP) is 2.85. The minimum Gasteiger partial charge on any atom is -0.370 e. The molecule has 2 N–H and O–H groups in total. The lowest BCUT2D eigenvalue weighted by atomic mass is 10.3. The fourth-order valence-corrected chi connectivity index (χ4v) is 2.93. The highest BCUT2D eigenvalue weighted by Gasteiger charge is 2.24. The lowest BCUT2D eigenvalue weighted by Crippen LogP contribution is -2.50. The highest BCUT2D eigenvalue weighted by molar-refractivity contribution is 5.89. The second-order valence-corrected chi connectivity index (χ2v) is 6.19. The number of rotatable bonds is 4. The molecule has 1 aromatic heterocycles. The van der Waals surface area contributed by atoms with Gasteiger partial charge in [-0.15, -0.1) is 0 Å². The maximum absolute atomic E-state index is 13.7. The number of carbonyl (C=O) groups is 1. The van der Waals surface area contributed by atoms with Crippen LogP contribution in [-0.2, 0) is 0 Å². The van der Waals surface area contributed by atoms with Crippen LogP contribution in [0.15, 0.2) is 24.3 Å². The van der Waals surface area contributed by atoms with Gasteiger partial charge in [0.2, 0.25) is 0 Å². The van der Waals surface area contributed by atoms with E-state index in [0.717, 1.165) is 30.3 Å². The Hall–Kier alpha value is -2.97. The van der Waals surface area contributed by atoms with Crippen molar-refractivity contribution < 1.29 is 13.6 Å². The molecule has 0 aliphatic carbocycles. The summed E-state index contributed by atoms with van der Waals surface area (Å²) >= 11 is 0. The largest absolute Gasteiger partial charge is 0.370 e. The SMILES string of the molecule is CCNc1cc(N2CCN(C(=O)Nc3c(F)cccc3F)CC2)nc(C)n1. The van der Waals surface area contributed by atoms with E-state index >= 15 is 0 Å². The van der Waals surface area contributed by atoms with Crippen molar-refractivity contribution >= 4 is 23.4 Å². The molecule has 2 heterocycles. The van der Waals surface area contributed by atoms with Crippen LogP contribution in [0.4, 0.5) is 30.9 Å². The van der Waals surface area contributed by atoms with Gasteiger partial charge in [-0.25, -0.2) is 23.5 Å². The first-order chi connectivity index (χ1) is 13.0. The molecule has 2 amide bonds. The number of carbonyl (C=O) groups excluding carboxylic acids is 1. The summed E-state index contributed by atoms with van der Waals surface area (Å²) in [5.74, 6) is 0.622. The van der Waals surface area contributed by atoms with Gasteiger partial charge in [0.05, 0.1) is 0 Å². The fourth-order valence-electron chi connectivity index (χ4n) is 2.93. The molecular formula is C18H22F2N6O. The molecule has 144 valence electrons. The van der Waals surface area contributed by atoms with Gasteiger partial charge in [0.25, 0.3) is 0 Å². The Morgan fingerprint density at radius 3 is 2.44 bits per heavy atom. The summed E-state index contributed by atoms with van der Waals surface area (Å²) in [5, 5.41) is 5.49. The average Bonchev–Trinajstić information content (AvgIpc) is 2.64. The highest BCUT2D eigenvalue weighted by Crippen LogP contribution is 2.20.